The summed E-state index contributed by atoms with van der Waals surface area (Å²) < 4.78 is 26.1. The molecule has 0 saturated carbocycles. The summed E-state index contributed by atoms with van der Waals surface area (Å²) in [6, 6.07) is 7.73. The van der Waals surface area contributed by atoms with Crippen LogP contribution in [0.2, 0.25) is 0 Å². The first-order valence-corrected chi connectivity index (χ1v) is 7.24. The Morgan fingerprint density at radius 2 is 2.05 bits per heavy atom. The Morgan fingerprint density at radius 1 is 1.25 bits per heavy atom. The second-order valence-corrected chi connectivity index (χ2v) is 5.58. The van der Waals surface area contributed by atoms with Crippen molar-refractivity contribution in [2.45, 2.75) is 35.7 Å². The molecule has 1 unspecified atom stereocenters. The van der Waals surface area contributed by atoms with E-state index in [1.807, 2.05) is 19.1 Å². The molecular weight excluding hydrogens is 278 g/mol. The fraction of sp³-hybridized carbons (Fsp3) is 0.267. The average Bonchev–Trinajstić information content (AvgIpc) is 2.45. The van der Waals surface area contributed by atoms with Gasteiger partial charge in [-0.15, -0.1) is 0 Å². The van der Waals surface area contributed by atoms with E-state index >= 15 is 0 Å². The number of halogens is 2. The molecule has 0 aliphatic rings. The van der Waals surface area contributed by atoms with Gasteiger partial charge in [-0.05, 0) is 42.7 Å². The molecule has 0 saturated heterocycles. The third-order valence-corrected chi connectivity index (χ3v) is 4.01. The van der Waals surface area contributed by atoms with Crippen LogP contribution < -0.4 is 5.73 Å². The van der Waals surface area contributed by atoms with E-state index in [4.69, 9.17) is 5.73 Å². The lowest BCUT2D eigenvalue weighted by atomic mass is 10.1. The van der Waals surface area contributed by atoms with E-state index in [2.05, 4.69) is 4.98 Å². The molecule has 5 heteroatoms. The predicted molar refractivity (Wildman–Crippen MR) is 76.7 cm³/mol. The lowest BCUT2D eigenvalue weighted by Gasteiger charge is -2.12. The molecule has 106 valence electrons. The standard InChI is InChI=1S/C15H16F2N2S/c1-2-11(18)8-10-4-3-7-19-15(10)20-12-5-6-13(16)14(17)9-12/h3-7,9,11H,2,8,18H2,1H3. The van der Waals surface area contributed by atoms with Gasteiger partial charge in [-0.1, -0.05) is 24.8 Å². The van der Waals surface area contributed by atoms with Gasteiger partial charge in [0.25, 0.3) is 0 Å². The maximum Gasteiger partial charge on any atom is 0.159 e. The summed E-state index contributed by atoms with van der Waals surface area (Å²) in [5.74, 6) is -1.69. The van der Waals surface area contributed by atoms with Crippen molar-refractivity contribution in [3.63, 3.8) is 0 Å². The smallest absolute Gasteiger partial charge is 0.159 e. The minimum Gasteiger partial charge on any atom is -0.327 e. The van der Waals surface area contributed by atoms with Crippen molar-refractivity contribution < 1.29 is 8.78 Å². The summed E-state index contributed by atoms with van der Waals surface area (Å²) in [6.45, 7) is 2.03. The van der Waals surface area contributed by atoms with Crippen molar-refractivity contribution in [3.8, 4) is 0 Å². The highest BCUT2D eigenvalue weighted by Gasteiger charge is 2.10. The van der Waals surface area contributed by atoms with E-state index in [1.54, 1.807) is 12.3 Å². The lowest BCUT2D eigenvalue weighted by Crippen LogP contribution is -2.21. The average molecular weight is 294 g/mol. The van der Waals surface area contributed by atoms with E-state index in [1.165, 1.54) is 17.8 Å². The highest BCUT2D eigenvalue weighted by Crippen LogP contribution is 2.30. The Balaban J connectivity index is 2.22. The lowest BCUT2D eigenvalue weighted by molar-refractivity contribution is 0.506. The molecule has 2 aromatic rings. The van der Waals surface area contributed by atoms with Crippen molar-refractivity contribution in [1.82, 2.24) is 4.98 Å². The summed E-state index contributed by atoms with van der Waals surface area (Å²) in [4.78, 5) is 4.92. The van der Waals surface area contributed by atoms with E-state index in [0.717, 1.165) is 29.5 Å². The highest BCUT2D eigenvalue weighted by molar-refractivity contribution is 7.99. The summed E-state index contributed by atoms with van der Waals surface area (Å²) in [5, 5.41) is 0.780. The first-order chi connectivity index (χ1) is 9.60. The van der Waals surface area contributed by atoms with Crippen LogP contribution in [0, 0.1) is 11.6 Å². The van der Waals surface area contributed by atoms with Gasteiger partial charge in [0.2, 0.25) is 0 Å². The minimum atomic E-state index is -0.849. The molecule has 0 radical (unpaired) electrons. The molecule has 1 aromatic carbocycles. The van der Waals surface area contributed by atoms with Gasteiger partial charge in [-0.25, -0.2) is 13.8 Å². The van der Waals surface area contributed by atoms with Gasteiger partial charge in [0.1, 0.15) is 5.03 Å². The van der Waals surface area contributed by atoms with Crippen LogP contribution in [0.3, 0.4) is 0 Å². The molecule has 0 amide bonds. The molecule has 0 aliphatic heterocycles. The van der Waals surface area contributed by atoms with E-state index in [0.29, 0.717) is 4.90 Å². The molecule has 0 bridgehead atoms. The van der Waals surface area contributed by atoms with Crippen LogP contribution in [0.5, 0.6) is 0 Å². The number of aromatic nitrogens is 1. The fourth-order valence-corrected chi connectivity index (χ4v) is 2.67. The molecule has 2 nitrogen and oxygen atoms in total. The number of pyridine rings is 1. The molecular formula is C15H16F2N2S. The van der Waals surface area contributed by atoms with Gasteiger partial charge in [0, 0.05) is 17.1 Å². The minimum absolute atomic E-state index is 0.0727. The number of benzene rings is 1. The summed E-state index contributed by atoms with van der Waals surface area (Å²) in [5.41, 5.74) is 6.99. The molecule has 1 atom stereocenters. The van der Waals surface area contributed by atoms with Crippen molar-refractivity contribution in [2.75, 3.05) is 0 Å². The zero-order chi connectivity index (χ0) is 14.5. The Kier molecular flexibility index (Phi) is 5.09. The third-order valence-electron chi connectivity index (χ3n) is 2.96. The Labute approximate surface area is 121 Å². The zero-order valence-electron chi connectivity index (χ0n) is 11.1. The normalized spacial score (nSPS) is 12.4. The SMILES string of the molecule is CCC(N)Cc1cccnc1Sc1ccc(F)c(F)c1. The largest absolute Gasteiger partial charge is 0.327 e. The first-order valence-electron chi connectivity index (χ1n) is 6.42. The van der Waals surface area contributed by atoms with Gasteiger partial charge in [-0.3, -0.25) is 0 Å². The van der Waals surface area contributed by atoms with Gasteiger partial charge < -0.3 is 5.73 Å². The first kappa shape index (κ1) is 14.9. The van der Waals surface area contributed by atoms with Crippen LogP contribution in [-0.2, 0) is 6.42 Å². The number of hydrogen-bond acceptors (Lipinski definition) is 3. The van der Waals surface area contributed by atoms with Crippen LogP contribution in [0.25, 0.3) is 0 Å². The number of nitrogens with zero attached hydrogens (tertiary/aromatic N) is 1. The van der Waals surface area contributed by atoms with Crippen LogP contribution in [0.4, 0.5) is 8.78 Å². The monoisotopic (exact) mass is 294 g/mol. The van der Waals surface area contributed by atoms with E-state index in [-0.39, 0.29) is 6.04 Å². The molecule has 0 aliphatic carbocycles. The molecule has 1 heterocycles. The van der Waals surface area contributed by atoms with Gasteiger partial charge in [0.05, 0.1) is 0 Å². The van der Waals surface area contributed by atoms with Gasteiger partial charge in [0.15, 0.2) is 11.6 Å². The number of rotatable bonds is 5. The van der Waals surface area contributed by atoms with Crippen LogP contribution in [-0.4, -0.2) is 11.0 Å². The maximum absolute atomic E-state index is 13.2. The van der Waals surface area contributed by atoms with Gasteiger partial charge in [-0.2, -0.15) is 0 Å². The predicted octanol–water partition coefficient (Wildman–Crippen LogP) is 3.79. The Bertz CT molecular complexity index is 590. The molecule has 20 heavy (non-hydrogen) atoms. The summed E-state index contributed by atoms with van der Waals surface area (Å²) in [7, 11) is 0. The second kappa shape index (κ2) is 6.81. The van der Waals surface area contributed by atoms with Crippen LogP contribution >= 0.6 is 11.8 Å². The molecule has 1 aromatic heterocycles. The van der Waals surface area contributed by atoms with E-state index < -0.39 is 11.6 Å². The summed E-state index contributed by atoms with van der Waals surface area (Å²) in [6.07, 6.45) is 3.28. The zero-order valence-corrected chi connectivity index (χ0v) is 12.0. The fourth-order valence-electron chi connectivity index (χ4n) is 1.75. The van der Waals surface area contributed by atoms with Crippen molar-refractivity contribution in [2.24, 2.45) is 5.73 Å². The number of nitrogens with two attached hydrogens (primary N) is 1. The number of hydrogen-bond donors (Lipinski definition) is 1. The Hall–Kier alpha value is -1.46. The van der Waals surface area contributed by atoms with Crippen LogP contribution in [0.15, 0.2) is 46.5 Å². The van der Waals surface area contributed by atoms with E-state index in [9.17, 15) is 8.78 Å². The third kappa shape index (κ3) is 3.77. The van der Waals surface area contributed by atoms with Crippen molar-refractivity contribution >= 4 is 11.8 Å². The molecule has 0 fully saturated rings. The molecule has 2 rings (SSSR count). The quantitative estimate of drug-likeness (QED) is 0.912. The van der Waals surface area contributed by atoms with Crippen molar-refractivity contribution in [1.29, 1.82) is 0 Å². The molecule has 0 spiro atoms. The Morgan fingerprint density at radius 3 is 2.75 bits per heavy atom. The topological polar surface area (TPSA) is 38.9 Å². The highest BCUT2D eigenvalue weighted by atomic mass is 32.2. The second-order valence-electron chi connectivity index (χ2n) is 4.52. The van der Waals surface area contributed by atoms with Gasteiger partial charge >= 0.3 is 0 Å². The summed E-state index contributed by atoms with van der Waals surface area (Å²) >= 11 is 1.32. The van der Waals surface area contributed by atoms with Crippen molar-refractivity contribution in [3.05, 3.63) is 53.7 Å². The van der Waals surface area contributed by atoms with Crippen LogP contribution in [0.1, 0.15) is 18.9 Å². The molecule has 2 N–H and O–H groups in total. The maximum atomic E-state index is 13.2.